The van der Waals surface area contributed by atoms with Crippen LogP contribution in [0.2, 0.25) is 0 Å². The van der Waals surface area contributed by atoms with Crippen molar-refractivity contribution in [1.29, 1.82) is 5.26 Å². The molecule has 0 amide bonds. The molecule has 3 unspecified atom stereocenters. The van der Waals surface area contributed by atoms with Gasteiger partial charge >= 0.3 is 0 Å². The Kier molecular flexibility index (Phi) is 7.32. The minimum atomic E-state index is -1.19. The normalized spacial score (nSPS) is 15.9. The van der Waals surface area contributed by atoms with Gasteiger partial charge in [-0.2, -0.15) is 5.26 Å². The fourth-order valence-electron chi connectivity index (χ4n) is 3.86. The summed E-state index contributed by atoms with van der Waals surface area (Å²) in [6.07, 6.45) is 1.05. The topological polar surface area (TPSA) is 27.0 Å². The monoisotopic (exact) mass is 384 g/mol. The Hall–Kier alpha value is -2.25. The van der Waals surface area contributed by atoms with E-state index in [1.165, 1.54) is 23.8 Å². The van der Waals surface area contributed by atoms with Crippen molar-refractivity contribution in [2.24, 2.45) is 5.92 Å². The Morgan fingerprint density at radius 3 is 2.04 bits per heavy atom. The molecule has 2 aromatic carbocycles. The fourth-order valence-corrected chi connectivity index (χ4v) is 3.86. The molecule has 0 radical (unpaired) electrons. The number of nitriles is 1. The third-order valence-electron chi connectivity index (χ3n) is 6.14. The number of rotatable bonds is 8. The van der Waals surface area contributed by atoms with E-state index in [0.29, 0.717) is 12.8 Å². The zero-order valence-corrected chi connectivity index (χ0v) is 17.4. The number of nitrogens with zero attached hydrogens (tertiary/aromatic N) is 2. The molecule has 0 aliphatic heterocycles. The van der Waals surface area contributed by atoms with Crippen LogP contribution in [0.25, 0.3) is 0 Å². The highest BCUT2D eigenvalue weighted by atomic mass is 19.1. The predicted octanol–water partition coefficient (Wildman–Crippen LogP) is 6.24. The average Bonchev–Trinajstić information content (AvgIpc) is 2.69. The average molecular weight is 385 g/mol. The van der Waals surface area contributed by atoms with Gasteiger partial charge in [0.15, 0.2) is 0 Å². The standard InChI is InChI=1S/C24H30F2N2/c1-17(2)24(16-27,23-21(25)12-9-13-22(23)26)15-14-18(3)28(5)19(4)20-10-7-6-8-11-20/h6-13,17-19H,14-15H2,1-5H3. The Labute approximate surface area is 167 Å². The van der Waals surface area contributed by atoms with E-state index in [1.807, 2.05) is 32.0 Å². The maximum absolute atomic E-state index is 14.5. The van der Waals surface area contributed by atoms with Gasteiger partial charge in [0.1, 0.15) is 11.6 Å². The van der Waals surface area contributed by atoms with Crippen LogP contribution in [0.4, 0.5) is 8.78 Å². The van der Waals surface area contributed by atoms with Gasteiger partial charge < -0.3 is 0 Å². The summed E-state index contributed by atoms with van der Waals surface area (Å²) in [7, 11) is 2.05. The largest absolute Gasteiger partial charge is 0.297 e. The van der Waals surface area contributed by atoms with Gasteiger partial charge in [-0.15, -0.1) is 0 Å². The van der Waals surface area contributed by atoms with E-state index in [2.05, 4.69) is 44.0 Å². The van der Waals surface area contributed by atoms with Crippen molar-refractivity contribution in [3.05, 3.63) is 71.3 Å². The van der Waals surface area contributed by atoms with Gasteiger partial charge in [-0.3, -0.25) is 4.90 Å². The van der Waals surface area contributed by atoms with Gasteiger partial charge in [0.25, 0.3) is 0 Å². The Morgan fingerprint density at radius 2 is 1.54 bits per heavy atom. The molecule has 0 heterocycles. The summed E-state index contributed by atoms with van der Waals surface area (Å²) >= 11 is 0. The van der Waals surface area contributed by atoms with Gasteiger partial charge in [-0.05, 0) is 57.4 Å². The van der Waals surface area contributed by atoms with Crippen molar-refractivity contribution in [1.82, 2.24) is 4.90 Å². The first-order chi connectivity index (χ1) is 13.2. The first kappa shape index (κ1) is 22.0. The summed E-state index contributed by atoms with van der Waals surface area (Å²) in [6.45, 7) is 7.95. The maximum Gasteiger partial charge on any atom is 0.130 e. The fraction of sp³-hybridized carbons (Fsp3) is 0.458. The Bertz CT molecular complexity index is 793. The minimum absolute atomic E-state index is 0.0986. The van der Waals surface area contributed by atoms with E-state index >= 15 is 0 Å². The zero-order chi connectivity index (χ0) is 20.9. The summed E-state index contributed by atoms with van der Waals surface area (Å²) in [4.78, 5) is 2.25. The molecule has 2 aromatic rings. The van der Waals surface area contributed by atoms with Crippen molar-refractivity contribution in [3.63, 3.8) is 0 Å². The molecule has 4 heteroatoms. The van der Waals surface area contributed by atoms with Crippen LogP contribution in [0.15, 0.2) is 48.5 Å². The molecule has 0 N–H and O–H groups in total. The molecule has 2 rings (SSSR count). The third kappa shape index (κ3) is 4.42. The predicted molar refractivity (Wildman–Crippen MR) is 110 cm³/mol. The maximum atomic E-state index is 14.5. The lowest BCUT2D eigenvalue weighted by Crippen LogP contribution is -2.37. The van der Waals surface area contributed by atoms with Crippen LogP contribution in [0.3, 0.4) is 0 Å². The highest BCUT2D eigenvalue weighted by molar-refractivity contribution is 5.36. The number of benzene rings is 2. The molecule has 28 heavy (non-hydrogen) atoms. The summed E-state index contributed by atoms with van der Waals surface area (Å²) in [5.41, 5.74) is -0.0774. The molecule has 0 saturated carbocycles. The van der Waals surface area contributed by atoms with Gasteiger partial charge in [0, 0.05) is 17.6 Å². The third-order valence-corrected chi connectivity index (χ3v) is 6.14. The lowest BCUT2D eigenvalue weighted by atomic mass is 9.69. The van der Waals surface area contributed by atoms with E-state index < -0.39 is 17.0 Å². The van der Waals surface area contributed by atoms with Crippen molar-refractivity contribution >= 4 is 0 Å². The molecule has 0 aliphatic carbocycles. The van der Waals surface area contributed by atoms with Crippen LogP contribution >= 0.6 is 0 Å². The lowest BCUT2D eigenvalue weighted by Gasteiger charge is -2.36. The molecular formula is C24H30F2N2. The second-order valence-corrected chi connectivity index (χ2v) is 7.97. The Morgan fingerprint density at radius 1 is 0.964 bits per heavy atom. The van der Waals surface area contributed by atoms with Crippen molar-refractivity contribution in [3.8, 4) is 6.07 Å². The van der Waals surface area contributed by atoms with Crippen LogP contribution < -0.4 is 0 Å². The van der Waals surface area contributed by atoms with Crippen LogP contribution in [0.1, 0.15) is 57.7 Å². The van der Waals surface area contributed by atoms with Gasteiger partial charge in [-0.1, -0.05) is 50.2 Å². The summed E-state index contributed by atoms with van der Waals surface area (Å²) in [5, 5.41) is 9.99. The molecule has 2 nitrogen and oxygen atoms in total. The van der Waals surface area contributed by atoms with E-state index in [-0.39, 0.29) is 23.6 Å². The van der Waals surface area contributed by atoms with Crippen molar-refractivity contribution in [2.45, 2.75) is 58.0 Å². The number of hydrogen-bond donors (Lipinski definition) is 0. The summed E-state index contributed by atoms with van der Waals surface area (Å²) in [5.74, 6) is -1.50. The molecule has 0 fully saturated rings. The molecule has 0 aromatic heterocycles. The van der Waals surface area contributed by atoms with Crippen LogP contribution in [-0.4, -0.2) is 18.0 Å². The lowest BCUT2D eigenvalue weighted by molar-refractivity contribution is 0.174. The molecular weight excluding hydrogens is 354 g/mol. The smallest absolute Gasteiger partial charge is 0.130 e. The van der Waals surface area contributed by atoms with E-state index in [9.17, 15) is 14.0 Å². The van der Waals surface area contributed by atoms with Crippen molar-refractivity contribution < 1.29 is 8.78 Å². The highest BCUT2D eigenvalue weighted by Crippen LogP contribution is 2.40. The molecule has 3 atom stereocenters. The zero-order valence-electron chi connectivity index (χ0n) is 17.4. The first-order valence-electron chi connectivity index (χ1n) is 9.87. The molecule has 0 spiro atoms. The van der Waals surface area contributed by atoms with E-state index in [1.54, 1.807) is 0 Å². The molecule has 150 valence electrons. The van der Waals surface area contributed by atoms with Crippen LogP contribution in [0.5, 0.6) is 0 Å². The Balaban J connectivity index is 2.24. The quantitative estimate of drug-likeness (QED) is 0.538. The van der Waals surface area contributed by atoms with Crippen LogP contribution in [0, 0.1) is 28.9 Å². The highest BCUT2D eigenvalue weighted by Gasteiger charge is 2.41. The SMILES string of the molecule is CC(CCC(C#N)(c1c(F)cccc1F)C(C)C)N(C)C(C)c1ccccc1. The van der Waals surface area contributed by atoms with Gasteiger partial charge in [0.2, 0.25) is 0 Å². The second kappa shape index (κ2) is 9.30. The first-order valence-corrected chi connectivity index (χ1v) is 9.87. The summed E-state index contributed by atoms with van der Waals surface area (Å²) in [6, 6.07) is 16.7. The van der Waals surface area contributed by atoms with Crippen molar-refractivity contribution in [2.75, 3.05) is 7.05 Å². The molecule has 0 saturated heterocycles. The number of halogens is 2. The summed E-state index contributed by atoms with van der Waals surface area (Å²) < 4.78 is 29.0. The number of hydrogen-bond acceptors (Lipinski definition) is 2. The molecule has 0 bridgehead atoms. The van der Waals surface area contributed by atoms with Gasteiger partial charge in [-0.25, -0.2) is 8.78 Å². The van der Waals surface area contributed by atoms with E-state index in [4.69, 9.17) is 0 Å². The molecule has 0 aliphatic rings. The van der Waals surface area contributed by atoms with Crippen LogP contribution in [-0.2, 0) is 5.41 Å². The van der Waals surface area contributed by atoms with E-state index in [0.717, 1.165) is 0 Å². The minimum Gasteiger partial charge on any atom is -0.297 e. The van der Waals surface area contributed by atoms with Gasteiger partial charge in [0.05, 0.1) is 11.5 Å². The second-order valence-electron chi connectivity index (χ2n) is 7.97.